The van der Waals surface area contributed by atoms with Crippen LogP contribution in [-0.2, 0) is 62.3 Å². The second kappa shape index (κ2) is 29.2. The van der Waals surface area contributed by atoms with Crippen LogP contribution in [0.15, 0.2) is 97.1 Å². The van der Waals surface area contributed by atoms with Crippen molar-refractivity contribution in [3.8, 4) is 22.3 Å². The number of carbonyl (C=O) groups is 12. The van der Waals surface area contributed by atoms with Gasteiger partial charge in [0.25, 0.3) is 5.97 Å². The van der Waals surface area contributed by atoms with Crippen molar-refractivity contribution in [1.29, 1.82) is 0 Å². The predicted octanol–water partition coefficient (Wildman–Crippen LogP) is 1.92. The summed E-state index contributed by atoms with van der Waals surface area (Å²) in [5.41, 5.74) is 18.5. The van der Waals surface area contributed by atoms with Gasteiger partial charge in [0.2, 0.25) is 0 Å². The van der Waals surface area contributed by atoms with Crippen molar-refractivity contribution >= 4 is 77.3 Å². The lowest BCUT2D eigenvalue weighted by Crippen LogP contribution is -2.09. The highest BCUT2D eigenvalue weighted by Crippen LogP contribution is 2.45. The van der Waals surface area contributed by atoms with Crippen molar-refractivity contribution in [2.75, 3.05) is 0 Å². The maximum atomic E-state index is 11.2. The van der Waals surface area contributed by atoms with Gasteiger partial charge in [-0.2, -0.15) is 4.79 Å². The van der Waals surface area contributed by atoms with Gasteiger partial charge in [0, 0.05) is 25.0 Å². The molecule has 2 aliphatic rings. The van der Waals surface area contributed by atoms with E-state index in [-0.39, 0.29) is 12.1 Å². The molecule has 0 unspecified atom stereocenters. The van der Waals surface area contributed by atoms with Crippen LogP contribution in [0.2, 0.25) is 0 Å². The number of rotatable bonds is 1. The molecule has 0 radical (unpaired) electrons. The van der Waals surface area contributed by atoms with E-state index in [0.717, 1.165) is 51.4 Å². The number of esters is 1. The molecule has 2 aliphatic carbocycles. The third kappa shape index (κ3) is 21.4. The van der Waals surface area contributed by atoms with E-state index in [9.17, 15) is 4.79 Å². The van der Waals surface area contributed by atoms with Gasteiger partial charge in [-0.1, -0.05) is 84.9 Å². The summed E-state index contributed by atoms with van der Waals surface area (Å²) in [6, 6.07) is 32.1. The maximum Gasteiger partial charge on any atom is 0.414 e. The Bertz CT molecular complexity index is 2240. The minimum atomic E-state index is -1.82. The van der Waals surface area contributed by atoms with Crippen molar-refractivity contribution in [2.45, 2.75) is 20.0 Å². The third-order valence-electron chi connectivity index (χ3n) is 6.73. The summed E-state index contributed by atoms with van der Waals surface area (Å²) in [4.78, 5) is 115. The van der Waals surface area contributed by atoms with Gasteiger partial charge in [0.05, 0.1) is 11.1 Å². The topological polar surface area (TPSA) is 473 Å². The minimum Gasteiger partial charge on any atom is -0.481 e. The number of hydrogen-bond acceptors (Lipinski definition) is 13. The molecule has 0 heterocycles. The first-order valence-electron chi connectivity index (χ1n) is 16.9. The van der Waals surface area contributed by atoms with Crippen LogP contribution in [0, 0.1) is 0 Å². The molecular weight excluding hydrogens is 892 g/mol. The Balaban J connectivity index is 0. The Kier molecular flexibility index (Phi) is 25.7. The lowest BCUT2D eigenvalue weighted by atomic mass is 10.1. The van der Waals surface area contributed by atoms with Gasteiger partial charge < -0.3 is 66.4 Å². The molecule has 0 aromatic heterocycles. The number of fused-ring (bicyclic) bond motifs is 6. The highest BCUT2D eigenvalue weighted by molar-refractivity contribution is 6.29. The molecule has 0 bridgehead atoms. The van der Waals surface area contributed by atoms with E-state index < -0.39 is 65.7 Å². The molecule has 4 aromatic carbocycles. The van der Waals surface area contributed by atoms with Gasteiger partial charge in [0.1, 0.15) is 0 Å². The van der Waals surface area contributed by atoms with Gasteiger partial charge >= 0.3 is 71.4 Å². The number of carboxylic acid groups (broad SMARTS) is 11. The summed E-state index contributed by atoms with van der Waals surface area (Å²) in [7, 11) is 0. The molecule has 0 aliphatic heterocycles. The molecule has 6 rings (SSSR count). The molecule has 11 N–H and O–H groups in total. The standard InChI is InChI=1S/C15H12O2.C13H8N2.5C2H2O4.C2H4O2/c1-10(16)17-15-13-8-4-2-6-11(13)12-7-3-5-9-14(12)15;14-15-13-11-7-3-1-5-9(11)10-6-2-4-8-12(10)13;5*3-1(4)2(5)6;1-2(3)4/h2-9,15H,1H3;1-8H;5*(H,3,4)(H,5,6);1H3,(H,3,4). The number of nitrogens with zero attached hydrogens (tertiary/aromatic N) is 2. The zero-order valence-electron chi connectivity index (χ0n) is 33.4. The minimum absolute atomic E-state index is 0.249. The molecule has 26 nitrogen and oxygen atoms in total. The number of ether oxygens (including phenoxy) is 1. The van der Waals surface area contributed by atoms with E-state index in [4.69, 9.17) is 119 Å². The second-order valence-electron chi connectivity index (χ2n) is 11.3. The smallest absolute Gasteiger partial charge is 0.414 e. The van der Waals surface area contributed by atoms with Gasteiger partial charge in [-0.15, -0.1) is 0 Å². The lowest BCUT2D eigenvalue weighted by Gasteiger charge is -2.13. The zero-order valence-corrected chi connectivity index (χ0v) is 33.4. The average Bonchev–Trinajstić information content (AvgIpc) is 3.73. The Hall–Kier alpha value is -10.1. The van der Waals surface area contributed by atoms with E-state index in [2.05, 4.69) is 16.9 Å². The van der Waals surface area contributed by atoms with Crippen molar-refractivity contribution < 1.29 is 123 Å². The summed E-state index contributed by atoms with van der Waals surface area (Å²) in [5, 5.41) is 81.3. The summed E-state index contributed by atoms with van der Waals surface area (Å²) < 4.78 is 5.43. The molecule has 0 spiro atoms. The van der Waals surface area contributed by atoms with E-state index in [1.807, 2.05) is 84.9 Å². The van der Waals surface area contributed by atoms with Gasteiger partial charge in [-0.3, -0.25) is 9.59 Å². The number of benzene rings is 4. The number of aliphatic carboxylic acids is 11. The highest BCUT2D eigenvalue weighted by atomic mass is 16.5. The Morgan fingerprint density at radius 3 is 0.773 bits per heavy atom. The molecule has 4 aromatic rings. The van der Waals surface area contributed by atoms with E-state index in [1.165, 1.54) is 6.92 Å². The van der Waals surface area contributed by atoms with Crippen LogP contribution in [0.3, 0.4) is 0 Å². The van der Waals surface area contributed by atoms with Gasteiger partial charge in [-0.25, -0.2) is 47.9 Å². The van der Waals surface area contributed by atoms with Crippen LogP contribution in [0.5, 0.6) is 0 Å². The summed E-state index contributed by atoms with van der Waals surface area (Å²) in [6.45, 7) is 2.53. The van der Waals surface area contributed by atoms with Crippen molar-refractivity contribution in [3.05, 3.63) is 125 Å². The first-order valence-corrected chi connectivity index (χ1v) is 16.9. The lowest BCUT2D eigenvalue weighted by molar-refractivity contribution is -0.159. The van der Waals surface area contributed by atoms with Gasteiger partial charge in [0.15, 0.2) is 6.10 Å². The molecule has 0 amide bonds. The molecule has 0 saturated heterocycles. The molecule has 348 valence electrons. The van der Waals surface area contributed by atoms with Crippen LogP contribution >= 0.6 is 0 Å². The normalized spacial score (nSPS) is 9.76. The molecule has 0 fully saturated rings. The van der Waals surface area contributed by atoms with Crippen LogP contribution in [0.25, 0.3) is 27.8 Å². The molecule has 0 saturated carbocycles. The van der Waals surface area contributed by atoms with Crippen LogP contribution in [-0.4, -0.2) is 138 Å². The number of carboxylic acids is 11. The maximum absolute atomic E-state index is 11.2. The third-order valence-corrected chi connectivity index (χ3v) is 6.73. The number of carbonyl (C=O) groups excluding carboxylic acids is 1. The Morgan fingerprint density at radius 2 is 0.576 bits per heavy atom. The quantitative estimate of drug-likeness (QED) is 0.0495. The largest absolute Gasteiger partial charge is 0.481 e. The fourth-order valence-corrected chi connectivity index (χ4v) is 4.50. The summed E-state index contributed by atoms with van der Waals surface area (Å²) in [6.07, 6.45) is -0.250. The monoisotopic (exact) mass is 926 g/mol. The van der Waals surface area contributed by atoms with Crippen molar-refractivity contribution in [2.24, 2.45) is 0 Å². The fourth-order valence-electron chi connectivity index (χ4n) is 4.50. The Morgan fingerprint density at radius 1 is 0.379 bits per heavy atom. The van der Waals surface area contributed by atoms with E-state index >= 15 is 0 Å². The molecule has 0 atom stereocenters. The van der Waals surface area contributed by atoms with Crippen LogP contribution in [0.1, 0.15) is 42.2 Å². The van der Waals surface area contributed by atoms with Crippen LogP contribution in [0.4, 0.5) is 0 Å². The van der Waals surface area contributed by atoms with Crippen molar-refractivity contribution in [3.63, 3.8) is 0 Å². The SMILES string of the molecule is CC(=O)O.CC(=O)OC1c2ccccc2-c2ccccc21.O=C(O)C(=O)O.O=C(O)C(=O)O.O=C(O)C(=O)O.O=C(O)C(=O)O.O=C(O)C(=O)O.[N-]=[N+]=C1c2ccccc2-c2ccccc21. The Labute approximate surface area is 367 Å². The van der Waals surface area contributed by atoms with Crippen LogP contribution < -0.4 is 0 Å². The predicted molar refractivity (Wildman–Crippen MR) is 214 cm³/mol. The van der Waals surface area contributed by atoms with E-state index in [1.54, 1.807) is 0 Å². The fraction of sp³-hybridized carbons (Fsp3) is 0.0750. The van der Waals surface area contributed by atoms with E-state index in [0.29, 0.717) is 5.71 Å². The average molecular weight is 927 g/mol. The zero-order chi connectivity index (χ0) is 51.4. The first kappa shape index (κ1) is 58.0. The first-order chi connectivity index (χ1) is 30.6. The molecule has 66 heavy (non-hydrogen) atoms. The van der Waals surface area contributed by atoms with Crippen molar-refractivity contribution in [1.82, 2.24) is 0 Å². The second-order valence-corrected chi connectivity index (χ2v) is 11.3. The molecule has 26 heteroatoms. The number of hydrogen-bond donors (Lipinski definition) is 11. The van der Waals surface area contributed by atoms with Gasteiger partial charge in [-0.05, 0) is 34.4 Å². The summed E-state index contributed by atoms with van der Waals surface area (Å²) in [5.74, 6) is -19.3. The highest BCUT2D eigenvalue weighted by Gasteiger charge is 2.31. The summed E-state index contributed by atoms with van der Waals surface area (Å²) >= 11 is 0. The molecular formula is C40H34N2O24.